The van der Waals surface area contributed by atoms with E-state index in [2.05, 4.69) is 0 Å². The van der Waals surface area contributed by atoms with Crippen molar-refractivity contribution in [2.45, 2.75) is 40.2 Å². The lowest BCUT2D eigenvalue weighted by atomic mass is 10.2. The van der Waals surface area contributed by atoms with Gasteiger partial charge in [-0.1, -0.05) is 0 Å². The summed E-state index contributed by atoms with van der Waals surface area (Å²) in [6.45, 7) is 10.5. The number of carbonyl (C=O) groups excluding carboxylic acids is 1. The first-order valence-electron chi connectivity index (χ1n) is 6.17. The minimum Gasteiger partial charge on any atom is -0.465 e. The van der Waals surface area contributed by atoms with Crippen molar-refractivity contribution in [2.24, 2.45) is 0 Å². The Kier molecular flexibility index (Phi) is 6.51. The van der Waals surface area contributed by atoms with Crippen molar-refractivity contribution in [1.82, 2.24) is 9.80 Å². The third-order valence-corrected chi connectivity index (χ3v) is 2.33. The fourth-order valence-corrected chi connectivity index (χ4v) is 1.34. The maximum Gasteiger partial charge on any atom is 0.410 e. The Hall–Kier alpha value is -1.46. The first kappa shape index (κ1) is 16.5. The van der Waals surface area contributed by atoms with Gasteiger partial charge in [0, 0.05) is 26.2 Å². The van der Waals surface area contributed by atoms with Crippen LogP contribution in [-0.2, 0) is 4.74 Å². The minimum absolute atomic E-state index is 0.291. The maximum absolute atomic E-state index is 11.8. The quantitative estimate of drug-likeness (QED) is 0.823. The van der Waals surface area contributed by atoms with Crippen LogP contribution in [0.25, 0.3) is 0 Å². The van der Waals surface area contributed by atoms with Crippen molar-refractivity contribution >= 4 is 12.2 Å². The molecule has 0 aliphatic heterocycles. The van der Waals surface area contributed by atoms with Gasteiger partial charge in [-0.05, 0) is 34.6 Å². The summed E-state index contributed by atoms with van der Waals surface area (Å²) < 4.78 is 5.24. The van der Waals surface area contributed by atoms with E-state index in [0.717, 1.165) is 0 Å². The van der Waals surface area contributed by atoms with E-state index < -0.39 is 17.8 Å². The fourth-order valence-electron chi connectivity index (χ4n) is 1.34. The summed E-state index contributed by atoms with van der Waals surface area (Å²) in [6.07, 6.45) is -1.39. The molecule has 0 aliphatic carbocycles. The molecule has 6 nitrogen and oxygen atoms in total. The molecule has 0 fully saturated rings. The van der Waals surface area contributed by atoms with E-state index >= 15 is 0 Å². The molecule has 0 aromatic carbocycles. The van der Waals surface area contributed by atoms with Gasteiger partial charge in [0.25, 0.3) is 0 Å². The molecule has 0 bridgehead atoms. The number of rotatable bonds is 5. The number of ether oxygens (including phenoxy) is 1. The molecule has 18 heavy (non-hydrogen) atoms. The van der Waals surface area contributed by atoms with Gasteiger partial charge in [-0.25, -0.2) is 9.59 Å². The summed E-state index contributed by atoms with van der Waals surface area (Å²) in [5.41, 5.74) is -0.540. The van der Waals surface area contributed by atoms with E-state index in [0.29, 0.717) is 26.2 Å². The number of hydrogen-bond donors (Lipinski definition) is 1. The van der Waals surface area contributed by atoms with Gasteiger partial charge < -0.3 is 19.6 Å². The van der Waals surface area contributed by atoms with E-state index in [9.17, 15) is 9.59 Å². The molecule has 0 saturated heterocycles. The van der Waals surface area contributed by atoms with Gasteiger partial charge in [-0.2, -0.15) is 0 Å². The molecule has 0 spiro atoms. The summed E-state index contributed by atoms with van der Waals surface area (Å²) >= 11 is 0. The van der Waals surface area contributed by atoms with E-state index in [-0.39, 0.29) is 0 Å². The van der Waals surface area contributed by atoms with Crippen molar-refractivity contribution in [2.75, 3.05) is 26.2 Å². The topological polar surface area (TPSA) is 70.1 Å². The molecule has 1 N–H and O–H groups in total. The molecule has 0 heterocycles. The molecule has 0 atom stereocenters. The standard InChI is InChI=1S/C12H24N2O4/c1-6-13(10(15)16)8-9-14(7-2)11(17)18-12(3,4)5/h6-9H2,1-5H3,(H,15,16). The van der Waals surface area contributed by atoms with Crippen LogP contribution in [0.5, 0.6) is 0 Å². The van der Waals surface area contributed by atoms with Crippen LogP contribution >= 0.6 is 0 Å². The highest BCUT2D eigenvalue weighted by atomic mass is 16.6. The molecule has 0 radical (unpaired) electrons. The summed E-state index contributed by atoms with van der Waals surface area (Å²) in [5, 5.41) is 8.88. The highest BCUT2D eigenvalue weighted by molar-refractivity contribution is 5.68. The van der Waals surface area contributed by atoms with Crippen LogP contribution in [-0.4, -0.2) is 58.9 Å². The number of likely N-dealkylation sites (N-methyl/N-ethyl adjacent to an activating group) is 2. The van der Waals surface area contributed by atoms with Gasteiger partial charge in [-0.15, -0.1) is 0 Å². The number of carbonyl (C=O) groups is 2. The lowest BCUT2D eigenvalue weighted by molar-refractivity contribution is 0.0243. The summed E-state index contributed by atoms with van der Waals surface area (Å²) in [5.74, 6) is 0. The number of carboxylic acid groups (broad SMARTS) is 1. The molecule has 106 valence electrons. The van der Waals surface area contributed by atoms with E-state index in [1.165, 1.54) is 9.80 Å². The molecule has 6 heteroatoms. The highest BCUT2D eigenvalue weighted by Gasteiger charge is 2.21. The van der Waals surface area contributed by atoms with Crippen LogP contribution in [0.15, 0.2) is 0 Å². The molecule has 0 aliphatic rings. The monoisotopic (exact) mass is 260 g/mol. The Morgan fingerprint density at radius 2 is 1.50 bits per heavy atom. The molecule has 0 aromatic heterocycles. The summed E-state index contributed by atoms with van der Waals surface area (Å²) in [4.78, 5) is 25.4. The third kappa shape index (κ3) is 6.32. The zero-order valence-electron chi connectivity index (χ0n) is 11.9. The lowest BCUT2D eigenvalue weighted by Gasteiger charge is -2.28. The normalized spacial score (nSPS) is 10.9. The average molecular weight is 260 g/mol. The molecule has 0 saturated carbocycles. The molecular weight excluding hydrogens is 236 g/mol. The second-order valence-corrected chi connectivity index (χ2v) is 4.92. The Morgan fingerprint density at radius 3 is 1.83 bits per heavy atom. The smallest absolute Gasteiger partial charge is 0.410 e. The number of nitrogens with zero attached hydrogens (tertiary/aromatic N) is 2. The van der Waals surface area contributed by atoms with Gasteiger partial charge in [-0.3, -0.25) is 0 Å². The molecular formula is C12H24N2O4. The fraction of sp³-hybridized carbons (Fsp3) is 0.833. The predicted octanol–water partition coefficient (Wildman–Crippen LogP) is 2.24. The van der Waals surface area contributed by atoms with Gasteiger partial charge in [0.05, 0.1) is 0 Å². The van der Waals surface area contributed by atoms with Crippen molar-refractivity contribution in [3.63, 3.8) is 0 Å². The SMILES string of the molecule is CCN(CCN(CC)C(=O)OC(C)(C)C)C(=O)O. The van der Waals surface area contributed by atoms with Gasteiger partial charge in [0.1, 0.15) is 5.60 Å². The number of hydrogen-bond acceptors (Lipinski definition) is 3. The number of amides is 2. The van der Waals surface area contributed by atoms with Crippen molar-refractivity contribution in [3.8, 4) is 0 Å². The van der Waals surface area contributed by atoms with Crippen LogP contribution in [0.3, 0.4) is 0 Å². The van der Waals surface area contributed by atoms with Crippen LogP contribution in [0, 0.1) is 0 Å². The molecule has 0 unspecified atom stereocenters. The third-order valence-electron chi connectivity index (χ3n) is 2.33. The first-order valence-corrected chi connectivity index (χ1v) is 6.17. The van der Waals surface area contributed by atoms with Gasteiger partial charge >= 0.3 is 12.2 Å². The predicted molar refractivity (Wildman–Crippen MR) is 68.8 cm³/mol. The van der Waals surface area contributed by atoms with Crippen LogP contribution in [0.2, 0.25) is 0 Å². The second kappa shape index (κ2) is 7.08. The van der Waals surface area contributed by atoms with Crippen LogP contribution < -0.4 is 0 Å². The molecule has 0 aromatic rings. The average Bonchev–Trinajstić information content (AvgIpc) is 2.21. The summed E-state index contributed by atoms with van der Waals surface area (Å²) in [7, 11) is 0. The van der Waals surface area contributed by atoms with Crippen molar-refractivity contribution in [1.29, 1.82) is 0 Å². The van der Waals surface area contributed by atoms with E-state index in [4.69, 9.17) is 9.84 Å². The summed E-state index contributed by atoms with van der Waals surface area (Å²) in [6, 6.07) is 0. The molecule has 2 amide bonds. The highest BCUT2D eigenvalue weighted by Crippen LogP contribution is 2.09. The Labute approximate surface area is 109 Å². The Morgan fingerprint density at radius 1 is 1.06 bits per heavy atom. The van der Waals surface area contributed by atoms with Gasteiger partial charge in [0.2, 0.25) is 0 Å². The molecule has 0 rings (SSSR count). The first-order chi connectivity index (χ1) is 8.21. The van der Waals surface area contributed by atoms with Crippen LogP contribution in [0.4, 0.5) is 9.59 Å². The van der Waals surface area contributed by atoms with E-state index in [1.807, 2.05) is 6.92 Å². The largest absolute Gasteiger partial charge is 0.465 e. The van der Waals surface area contributed by atoms with Crippen LogP contribution in [0.1, 0.15) is 34.6 Å². The van der Waals surface area contributed by atoms with Crippen molar-refractivity contribution < 1.29 is 19.4 Å². The maximum atomic E-state index is 11.8. The minimum atomic E-state index is -0.974. The van der Waals surface area contributed by atoms with E-state index in [1.54, 1.807) is 27.7 Å². The lowest BCUT2D eigenvalue weighted by Crippen LogP contribution is -2.42. The Balaban J connectivity index is 4.35. The second-order valence-electron chi connectivity index (χ2n) is 4.92. The Bertz CT molecular complexity index is 286. The van der Waals surface area contributed by atoms with Gasteiger partial charge in [0.15, 0.2) is 0 Å². The van der Waals surface area contributed by atoms with Crippen molar-refractivity contribution in [3.05, 3.63) is 0 Å². The zero-order chi connectivity index (χ0) is 14.3. The zero-order valence-corrected chi connectivity index (χ0v) is 11.9.